The molecule has 1 aromatic rings. The lowest BCUT2D eigenvalue weighted by molar-refractivity contribution is -0.123. The average molecular weight is 341 g/mol. The van der Waals surface area contributed by atoms with Crippen LogP contribution in [0.25, 0.3) is 0 Å². The molecule has 0 saturated heterocycles. The normalized spacial score (nSPS) is 14.3. The molecule has 0 aliphatic carbocycles. The van der Waals surface area contributed by atoms with E-state index in [1.807, 2.05) is 13.8 Å². The molecule has 0 radical (unpaired) electrons. The molecule has 0 unspecified atom stereocenters. The smallest absolute Gasteiger partial charge is 0.251 e. The van der Waals surface area contributed by atoms with Crippen molar-refractivity contribution in [3.63, 3.8) is 0 Å². The van der Waals surface area contributed by atoms with Crippen LogP contribution in [0.1, 0.15) is 37.6 Å². The van der Waals surface area contributed by atoms with Crippen molar-refractivity contribution < 1.29 is 18.0 Å². The van der Waals surface area contributed by atoms with Crippen LogP contribution in [-0.4, -0.2) is 32.8 Å². The fourth-order valence-electron chi connectivity index (χ4n) is 2.29. The van der Waals surface area contributed by atoms with Gasteiger partial charge >= 0.3 is 0 Å². The molecule has 1 aromatic carbocycles. The summed E-state index contributed by atoms with van der Waals surface area (Å²) in [6.07, 6.45) is 0.276. The number of amides is 2. The molecule has 1 atom stereocenters. The standard InChI is InChI=1S/C15H23N3O4S/c1-10(2)9-15(3,14(16)20)18-23(21,22)12-7-5-11(6-8-12)13(19)17-4/h5-8,10,18H,9H2,1-4H3,(H2,16,20)(H,17,19)/t15-/m0/s1. The Hall–Kier alpha value is -1.93. The van der Waals surface area contributed by atoms with Crippen LogP contribution in [0.4, 0.5) is 0 Å². The van der Waals surface area contributed by atoms with E-state index in [1.54, 1.807) is 0 Å². The molecule has 128 valence electrons. The monoisotopic (exact) mass is 341 g/mol. The van der Waals surface area contributed by atoms with E-state index >= 15 is 0 Å². The minimum Gasteiger partial charge on any atom is -0.368 e. The molecule has 23 heavy (non-hydrogen) atoms. The summed E-state index contributed by atoms with van der Waals surface area (Å²) in [5.74, 6) is -0.980. The summed E-state index contributed by atoms with van der Waals surface area (Å²) in [6.45, 7) is 5.20. The Kier molecular flexibility index (Phi) is 5.90. The van der Waals surface area contributed by atoms with Crippen molar-refractivity contribution in [2.75, 3.05) is 7.05 Å². The van der Waals surface area contributed by atoms with Gasteiger partial charge in [-0.15, -0.1) is 0 Å². The summed E-state index contributed by atoms with van der Waals surface area (Å²) in [5, 5.41) is 2.45. The zero-order valence-electron chi connectivity index (χ0n) is 13.7. The van der Waals surface area contributed by atoms with Gasteiger partial charge in [0.25, 0.3) is 5.91 Å². The molecule has 0 bridgehead atoms. The van der Waals surface area contributed by atoms with Gasteiger partial charge in [-0.2, -0.15) is 4.72 Å². The van der Waals surface area contributed by atoms with E-state index < -0.39 is 21.5 Å². The molecule has 8 heteroatoms. The maximum atomic E-state index is 12.5. The summed E-state index contributed by atoms with van der Waals surface area (Å²) in [4.78, 5) is 23.1. The van der Waals surface area contributed by atoms with Gasteiger partial charge in [0.05, 0.1) is 4.90 Å². The highest BCUT2D eigenvalue weighted by Crippen LogP contribution is 2.20. The van der Waals surface area contributed by atoms with Gasteiger partial charge in [0, 0.05) is 12.6 Å². The van der Waals surface area contributed by atoms with Gasteiger partial charge in [0.15, 0.2) is 0 Å². The van der Waals surface area contributed by atoms with E-state index in [2.05, 4.69) is 10.0 Å². The summed E-state index contributed by atoms with van der Waals surface area (Å²) >= 11 is 0. The number of nitrogens with two attached hydrogens (primary N) is 1. The molecule has 2 amide bonds. The number of primary amides is 1. The van der Waals surface area contributed by atoms with E-state index in [0.29, 0.717) is 5.56 Å². The summed E-state index contributed by atoms with van der Waals surface area (Å²) < 4.78 is 27.3. The summed E-state index contributed by atoms with van der Waals surface area (Å²) in [7, 11) is -2.46. The largest absolute Gasteiger partial charge is 0.368 e. The van der Waals surface area contributed by atoms with Crippen molar-refractivity contribution >= 4 is 21.8 Å². The molecule has 0 fully saturated rings. The maximum absolute atomic E-state index is 12.5. The van der Waals surface area contributed by atoms with E-state index in [1.165, 1.54) is 38.2 Å². The van der Waals surface area contributed by atoms with Gasteiger partial charge in [0.2, 0.25) is 15.9 Å². The maximum Gasteiger partial charge on any atom is 0.251 e. The van der Waals surface area contributed by atoms with Crippen molar-refractivity contribution in [2.45, 2.75) is 37.6 Å². The van der Waals surface area contributed by atoms with Crippen molar-refractivity contribution in [3.05, 3.63) is 29.8 Å². The lowest BCUT2D eigenvalue weighted by Gasteiger charge is -2.28. The second-order valence-electron chi connectivity index (χ2n) is 6.00. The number of carbonyl (C=O) groups excluding carboxylic acids is 2. The third-order valence-electron chi connectivity index (χ3n) is 3.37. The first-order chi connectivity index (χ1) is 10.5. The van der Waals surface area contributed by atoms with Gasteiger partial charge in [-0.3, -0.25) is 9.59 Å². The van der Waals surface area contributed by atoms with Crippen LogP contribution >= 0.6 is 0 Å². The molecule has 0 saturated carbocycles. The fraction of sp³-hybridized carbons (Fsp3) is 0.467. The Morgan fingerprint density at radius 2 is 1.74 bits per heavy atom. The predicted molar refractivity (Wildman–Crippen MR) is 87.2 cm³/mol. The topological polar surface area (TPSA) is 118 Å². The number of benzene rings is 1. The molecular weight excluding hydrogens is 318 g/mol. The third-order valence-corrected chi connectivity index (χ3v) is 4.99. The van der Waals surface area contributed by atoms with E-state index in [-0.39, 0.29) is 23.1 Å². The first-order valence-corrected chi connectivity index (χ1v) is 8.66. The number of hydrogen-bond acceptors (Lipinski definition) is 4. The predicted octanol–water partition coefficient (Wildman–Crippen LogP) is 0.615. The van der Waals surface area contributed by atoms with E-state index in [9.17, 15) is 18.0 Å². The van der Waals surface area contributed by atoms with Gasteiger partial charge in [0.1, 0.15) is 5.54 Å². The zero-order valence-corrected chi connectivity index (χ0v) is 14.5. The molecule has 1 rings (SSSR count). The van der Waals surface area contributed by atoms with Crippen molar-refractivity contribution in [1.29, 1.82) is 0 Å². The average Bonchev–Trinajstić information content (AvgIpc) is 2.45. The van der Waals surface area contributed by atoms with Gasteiger partial charge in [-0.1, -0.05) is 13.8 Å². The Bertz CT molecular complexity index is 683. The van der Waals surface area contributed by atoms with E-state index in [0.717, 1.165) is 0 Å². The highest BCUT2D eigenvalue weighted by atomic mass is 32.2. The Morgan fingerprint density at radius 1 is 1.22 bits per heavy atom. The lowest BCUT2D eigenvalue weighted by atomic mass is 9.91. The third kappa shape index (κ3) is 4.77. The van der Waals surface area contributed by atoms with Crippen LogP contribution in [0.15, 0.2) is 29.2 Å². The second kappa shape index (κ2) is 7.10. The Morgan fingerprint density at radius 3 is 2.13 bits per heavy atom. The number of rotatable bonds is 7. The van der Waals surface area contributed by atoms with Crippen LogP contribution < -0.4 is 15.8 Å². The molecule has 0 aliphatic rings. The Labute approximate surface area is 136 Å². The summed E-state index contributed by atoms with van der Waals surface area (Å²) in [5.41, 5.74) is 4.32. The minimum absolute atomic E-state index is 0.0404. The molecular formula is C15H23N3O4S. The van der Waals surface area contributed by atoms with Crippen molar-refractivity contribution in [3.8, 4) is 0 Å². The van der Waals surface area contributed by atoms with Crippen LogP contribution in [0, 0.1) is 5.92 Å². The molecule has 0 aromatic heterocycles. The van der Waals surface area contributed by atoms with Crippen LogP contribution in [0.3, 0.4) is 0 Å². The number of sulfonamides is 1. The summed E-state index contributed by atoms with van der Waals surface area (Å²) in [6, 6.07) is 5.42. The lowest BCUT2D eigenvalue weighted by Crippen LogP contribution is -2.55. The van der Waals surface area contributed by atoms with Crippen LogP contribution in [0.5, 0.6) is 0 Å². The number of hydrogen-bond donors (Lipinski definition) is 3. The molecule has 0 aliphatic heterocycles. The fourth-order valence-corrected chi connectivity index (χ4v) is 3.68. The second-order valence-corrected chi connectivity index (χ2v) is 7.69. The quantitative estimate of drug-likeness (QED) is 0.673. The SMILES string of the molecule is CNC(=O)c1ccc(S(=O)(=O)N[C@@](C)(CC(C)C)C(N)=O)cc1. The molecule has 7 nitrogen and oxygen atoms in total. The number of nitrogens with one attached hydrogen (secondary N) is 2. The molecule has 4 N–H and O–H groups in total. The molecule has 0 heterocycles. The van der Waals surface area contributed by atoms with Crippen molar-refractivity contribution in [2.24, 2.45) is 11.7 Å². The minimum atomic E-state index is -3.94. The Balaban J connectivity index is 3.10. The van der Waals surface area contributed by atoms with Crippen molar-refractivity contribution in [1.82, 2.24) is 10.0 Å². The van der Waals surface area contributed by atoms with Crippen LogP contribution in [0.2, 0.25) is 0 Å². The van der Waals surface area contributed by atoms with Crippen LogP contribution in [-0.2, 0) is 14.8 Å². The first-order valence-electron chi connectivity index (χ1n) is 7.18. The molecule has 0 spiro atoms. The highest BCUT2D eigenvalue weighted by molar-refractivity contribution is 7.89. The van der Waals surface area contributed by atoms with Gasteiger partial charge < -0.3 is 11.1 Å². The first kappa shape index (κ1) is 19.1. The number of carbonyl (C=O) groups is 2. The van der Waals surface area contributed by atoms with Gasteiger partial charge in [-0.05, 0) is 43.5 Å². The van der Waals surface area contributed by atoms with E-state index in [4.69, 9.17) is 5.73 Å². The highest BCUT2D eigenvalue weighted by Gasteiger charge is 2.36. The zero-order chi connectivity index (χ0) is 17.8. The van der Waals surface area contributed by atoms with Gasteiger partial charge in [-0.25, -0.2) is 8.42 Å².